The minimum absolute atomic E-state index is 0.0533. The van der Waals surface area contributed by atoms with E-state index < -0.39 is 17.7 Å². The number of Topliss-reactive ketones (excluding diaryl/α,β-unsaturated/α-hetero) is 1. The van der Waals surface area contributed by atoms with Crippen LogP contribution in [-0.2, 0) is 14.3 Å². The lowest BCUT2D eigenvalue weighted by Gasteiger charge is -2.29. The van der Waals surface area contributed by atoms with Crippen molar-refractivity contribution in [1.29, 1.82) is 0 Å². The van der Waals surface area contributed by atoms with Gasteiger partial charge in [0.2, 0.25) is 6.79 Å². The van der Waals surface area contributed by atoms with Crippen molar-refractivity contribution in [2.45, 2.75) is 12.5 Å². The Morgan fingerprint density at radius 1 is 1.00 bits per heavy atom. The number of ether oxygens (including phenoxy) is 3. The molecule has 2 fully saturated rings. The summed E-state index contributed by atoms with van der Waals surface area (Å²) in [7, 11) is 0. The number of carbonyl (C=O) groups is 2. The lowest BCUT2D eigenvalue weighted by Crippen LogP contribution is -2.38. The molecule has 0 saturated carbocycles. The molecule has 1 amide bonds. The molecule has 34 heavy (non-hydrogen) atoms. The Morgan fingerprint density at radius 2 is 1.74 bits per heavy atom. The number of amides is 1. The summed E-state index contributed by atoms with van der Waals surface area (Å²) in [5, 5.41) is 11.8. The van der Waals surface area contributed by atoms with E-state index in [1.807, 2.05) is 0 Å². The minimum Gasteiger partial charge on any atom is -0.507 e. The molecule has 3 heterocycles. The first-order valence-electron chi connectivity index (χ1n) is 11.3. The number of aliphatic hydroxyl groups excluding tert-OH is 1. The van der Waals surface area contributed by atoms with Crippen molar-refractivity contribution in [3.05, 3.63) is 64.2 Å². The zero-order chi connectivity index (χ0) is 23.7. The Balaban J connectivity index is 1.47. The van der Waals surface area contributed by atoms with Crippen LogP contribution in [0, 0.1) is 0 Å². The van der Waals surface area contributed by atoms with Gasteiger partial charge in [-0.05, 0) is 42.3 Å². The topological polar surface area (TPSA) is 88.5 Å². The van der Waals surface area contributed by atoms with Crippen LogP contribution in [0.25, 0.3) is 5.76 Å². The quantitative estimate of drug-likeness (QED) is 0.382. The number of hydrogen-bond donors (Lipinski definition) is 1. The molecule has 0 radical (unpaired) electrons. The summed E-state index contributed by atoms with van der Waals surface area (Å²) in [5.74, 6) is -0.529. The number of halogens is 1. The van der Waals surface area contributed by atoms with E-state index in [-0.39, 0.29) is 18.1 Å². The zero-order valence-corrected chi connectivity index (χ0v) is 19.3. The summed E-state index contributed by atoms with van der Waals surface area (Å²) in [4.78, 5) is 30.1. The highest BCUT2D eigenvalue weighted by molar-refractivity contribution is 6.46. The number of aliphatic hydroxyl groups is 1. The molecule has 2 aromatic rings. The molecule has 0 aromatic heterocycles. The number of morpholine rings is 1. The highest BCUT2D eigenvalue weighted by Gasteiger charge is 2.45. The SMILES string of the molecule is O=C1C(=O)N(CCCN2CCOCC2)C(c2ccc(Cl)cc2)C1=C(O)c1ccc2c(c1)OCO2. The monoisotopic (exact) mass is 484 g/mol. The molecule has 1 unspecified atom stereocenters. The first-order chi connectivity index (χ1) is 16.5. The molecule has 0 bridgehead atoms. The van der Waals surface area contributed by atoms with Gasteiger partial charge in [0, 0.05) is 36.8 Å². The molecule has 8 nitrogen and oxygen atoms in total. The third-order valence-corrected chi connectivity index (χ3v) is 6.60. The molecule has 2 saturated heterocycles. The lowest BCUT2D eigenvalue weighted by molar-refractivity contribution is -0.140. The van der Waals surface area contributed by atoms with Crippen LogP contribution >= 0.6 is 11.6 Å². The van der Waals surface area contributed by atoms with Crippen LogP contribution in [0.1, 0.15) is 23.6 Å². The number of ketones is 1. The summed E-state index contributed by atoms with van der Waals surface area (Å²) in [6.07, 6.45) is 0.696. The molecular formula is C25H25ClN2O6. The predicted octanol–water partition coefficient (Wildman–Crippen LogP) is 3.21. The summed E-state index contributed by atoms with van der Waals surface area (Å²) in [6.45, 7) is 4.37. The van der Waals surface area contributed by atoms with Crippen LogP contribution in [-0.4, -0.2) is 72.8 Å². The average molecular weight is 485 g/mol. The fraction of sp³-hybridized carbons (Fsp3) is 0.360. The van der Waals surface area contributed by atoms with E-state index in [1.54, 1.807) is 47.4 Å². The van der Waals surface area contributed by atoms with Gasteiger partial charge in [0.25, 0.3) is 11.7 Å². The van der Waals surface area contributed by atoms with Gasteiger partial charge in [-0.15, -0.1) is 0 Å². The van der Waals surface area contributed by atoms with Crippen LogP contribution in [0.5, 0.6) is 11.5 Å². The highest BCUT2D eigenvalue weighted by Crippen LogP contribution is 2.41. The second kappa shape index (κ2) is 9.66. The standard InChI is InChI=1S/C25H25ClN2O6/c26-18-5-2-16(3-6-18)22-21(23(29)17-4-7-19-20(14-17)34-15-33-19)24(30)25(31)28(22)9-1-8-27-10-12-32-13-11-27/h2-7,14,22,29H,1,8-13,15H2. The van der Waals surface area contributed by atoms with Crippen molar-refractivity contribution in [3.8, 4) is 11.5 Å². The third kappa shape index (κ3) is 4.36. The molecule has 0 spiro atoms. The van der Waals surface area contributed by atoms with E-state index in [0.29, 0.717) is 53.8 Å². The molecule has 9 heteroatoms. The number of benzene rings is 2. The molecule has 1 N–H and O–H groups in total. The average Bonchev–Trinajstić information content (AvgIpc) is 3.42. The first kappa shape index (κ1) is 22.7. The van der Waals surface area contributed by atoms with Crippen molar-refractivity contribution < 1.29 is 28.9 Å². The Kier molecular flexibility index (Phi) is 6.45. The molecule has 3 aliphatic rings. The third-order valence-electron chi connectivity index (χ3n) is 6.35. The van der Waals surface area contributed by atoms with Crippen LogP contribution < -0.4 is 9.47 Å². The van der Waals surface area contributed by atoms with E-state index in [1.165, 1.54) is 0 Å². The first-order valence-corrected chi connectivity index (χ1v) is 11.6. The van der Waals surface area contributed by atoms with Gasteiger partial charge < -0.3 is 24.2 Å². The van der Waals surface area contributed by atoms with Gasteiger partial charge in [-0.3, -0.25) is 14.5 Å². The van der Waals surface area contributed by atoms with E-state index in [2.05, 4.69) is 4.90 Å². The van der Waals surface area contributed by atoms with Crippen molar-refractivity contribution >= 4 is 29.1 Å². The van der Waals surface area contributed by atoms with Gasteiger partial charge in [-0.2, -0.15) is 0 Å². The van der Waals surface area contributed by atoms with E-state index in [0.717, 1.165) is 19.6 Å². The van der Waals surface area contributed by atoms with E-state index in [9.17, 15) is 14.7 Å². The predicted molar refractivity (Wildman–Crippen MR) is 125 cm³/mol. The fourth-order valence-corrected chi connectivity index (χ4v) is 4.72. The number of carbonyl (C=O) groups excluding carboxylic acids is 2. The van der Waals surface area contributed by atoms with E-state index in [4.69, 9.17) is 25.8 Å². The number of rotatable bonds is 6. The van der Waals surface area contributed by atoms with Gasteiger partial charge in [0.15, 0.2) is 11.5 Å². The summed E-state index contributed by atoms with van der Waals surface area (Å²) in [6, 6.07) is 11.2. The minimum atomic E-state index is -0.715. The number of likely N-dealkylation sites (tertiary alicyclic amines) is 1. The lowest BCUT2D eigenvalue weighted by atomic mass is 9.95. The van der Waals surface area contributed by atoms with Gasteiger partial charge in [-0.1, -0.05) is 23.7 Å². The van der Waals surface area contributed by atoms with Crippen molar-refractivity contribution in [2.75, 3.05) is 46.2 Å². The van der Waals surface area contributed by atoms with Gasteiger partial charge >= 0.3 is 0 Å². The van der Waals surface area contributed by atoms with Gasteiger partial charge in [0.05, 0.1) is 24.8 Å². The number of nitrogens with zero attached hydrogens (tertiary/aromatic N) is 2. The summed E-state index contributed by atoms with van der Waals surface area (Å²) < 4.78 is 16.1. The smallest absolute Gasteiger partial charge is 0.295 e. The van der Waals surface area contributed by atoms with Crippen molar-refractivity contribution in [3.63, 3.8) is 0 Å². The zero-order valence-electron chi connectivity index (χ0n) is 18.5. The van der Waals surface area contributed by atoms with Crippen LogP contribution in [0.3, 0.4) is 0 Å². The summed E-state index contributed by atoms with van der Waals surface area (Å²) in [5.41, 5.74) is 1.14. The maximum atomic E-state index is 13.2. The molecule has 5 rings (SSSR count). The molecule has 1 atom stereocenters. The molecule has 2 aromatic carbocycles. The Hall–Kier alpha value is -3.07. The van der Waals surface area contributed by atoms with Crippen LogP contribution in [0.4, 0.5) is 0 Å². The number of hydrogen-bond acceptors (Lipinski definition) is 7. The van der Waals surface area contributed by atoms with Crippen molar-refractivity contribution in [1.82, 2.24) is 9.80 Å². The second-order valence-electron chi connectivity index (χ2n) is 8.42. The van der Waals surface area contributed by atoms with E-state index >= 15 is 0 Å². The largest absolute Gasteiger partial charge is 0.507 e. The van der Waals surface area contributed by atoms with Gasteiger partial charge in [0.1, 0.15) is 5.76 Å². The molecule has 0 aliphatic carbocycles. The normalized spacial score (nSPS) is 21.9. The van der Waals surface area contributed by atoms with Gasteiger partial charge in [-0.25, -0.2) is 0 Å². The summed E-state index contributed by atoms with van der Waals surface area (Å²) >= 11 is 6.08. The maximum absolute atomic E-state index is 13.2. The Morgan fingerprint density at radius 3 is 2.50 bits per heavy atom. The second-order valence-corrected chi connectivity index (χ2v) is 8.86. The molecular weight excluding hydrogens is 460 g/mol. The number of fused-ring (bicyclic) bond motifs is 1. The Bertz CT molecular complexity index is 1130. The highest BCUT2D eigenvalue weighted by atomic mass is 35.5. The fourth-order valence-electron chi connectivity index (χ4n) is 4.59. The maximum Gasteiger partial charge on any atom is 0.295 e. The van der Waals surface area contributed by atoms with Crippen LogP contribution in [0.2, 0.25) is 5.02 Å². The van der Waals surface area contributed by atoms with Crippen LogP contribution in [0.15, 0.2) is 48.0 Å². The molecule has 178 valence electrons. The van der Waals surface area contributed by atoms with Crippen molar-refractivity contribution in [2.24, 2.45) is 0 Å². The Labute approximate surface area is 202 Å². The molecule has 3 aliphatic heterocycles.